The van der Waals surface area contributed by atoms with Crippen molar-refractivity contribution in [2.45, 2.75) is 31.3 Å². The standard InChI is InChI=1S/C13H16O3/c1-2-4-10(5-3-1)8-15-12-9-16-11-6-7-14-13(11)12/h1-5,11-13H,6-9H2/t11-,12+,13-/m1/s1. The molecule has 2 saturated heterocycles. The van der Waals surface area contributed by atoms with E-state index in [1.54, 1.807) is 0 Å². The first-order chi connectivity index (χ1) is 7.93. The molecule has 0 N–H and O–H groups in total. The molecule has 3 heteroatoms. The molecule has 3 rings (SSSR count). The average Bonchev–Trinajstić information content (AvgIpc) is 2.90. The smallest absolute Gasteiger partial charge is 0.112 e. The van der Waals surface area contributed by atoms with Crippen molar-refractivity contribution in [2.75, 3.05) is 13.2 Å². The molecule has 0 radical (unpaired) electrons. The minimum atomic E-state index is 0.104. The number of hydrogen-bond acceptors (Lipinski definition) is 3. The summed E-state index contributed by atoms with van der Waals surface area (Å²) in [7, 11) is 0. The maximum atomic E-state index is 5.85. The van der Waals surface area contributed by atoms with Gasteiger partial charge in [-0.05, 0) is 12.0 Å². The van der Waals surface area contributed by atoms with Crippen LogP contribution in [0, 0.1) is 0 Å². The zero-order valence-corrected chi connectivity index (χ0v) is 9.17. The van der Waals surface area contributed by atoms with Gasteiger partial charge in [0.15, 0.2) is 0 Å². The predicted octanol–water partition coefficient (Wildman–Crippen LogP) is 1.76. The molecule has 0 saturated carbocycles. The lowest BCUT2D eigenvalue weighted by Crippen LogP contribution is -2.29. The molecule has 0 unspecified atom stereocenters. The summed E-state index contributed by atoms with van der Waals surface area (Å²) in [6.07, 6.45) is 1.53. The summed E-state index contributed by atoms with van der Waals surface area (Å²) >= 11 is 0. The summed E-state index contributed by atoms with van der Waals surface area (Å²) in [5.41, 5.74) is 1.20. The Labute approximate surface area is 95.3 Å². The van der Waals surface area contributed by atoms with E-state index in [9.17, 15) is 0 Å². The lowest BCUT2D eigenvalue weighted by molar-refractivity contribution is -0.0385. The third kappa shape index (κ3) is 1.98. The normalized spacial score (nSPS) is 32.9. The summed E-state index contributed by atoms with van der Waals surface area (Å²) in [5.74, 6) is 0. The van der Waals surface area contributed by atoms with E-state index in [1.165, 1.54) is 5.56 Å². The van der Waals surface area contributed by atoms with Crippen LogP contribution in [0.4, 0.5) is 0 Å². The van der Waals surface area contributed by atoms with Gasteiger partial charge in [0, 0.05) is 6.61 Å². The van der Waals surface area contributed by atoms with Crippen LogP contribution in [0.3, 0.4) is 0 Å². The van der Waals surface area contributed by atoms with E-state index in [2.05, 4.69) is 12.1 Å². The fraction of sp³-hybridized carbons (Fsp3) is 0.538. The lowest BCUT2D eigenvalue weighted by atomic mass is 10.1. The number of rotatable bonds is 3. The van der Waals surface area contributed by atoms with Gasteiger partial charge < -0.3 is 14.2 Å². The Morgan fingerprint density at radius 2 is 2.06 bits per heavy atom. The van der Waals surface area contributed by atoms with Crippen molar-refractivity contribution >= 4 is 0 Å². The Morgan fingerprint density at radius 1 is 1.19 bits per heavy atom. The van der Waals surface area contributed by atoms with Crippen LogP contribution in [0.15, 0.2) is 30.3 Å². The molecule has 1 aromatic carbocycles. The number of benzene rings is 1. The Balaban J connectivity index is 1.56. The molecule has 0 amide bonds. The Bertz CT molecular complexity index is 338. The van der Waals surface area contributed by atoms with Crippen LogP contribution in [-0.2, 0) is 20.8 Å². The first-order valence-electron chi connectivity index (χ1n) is 5.82. The van der Waals surface area contributed by atoms with Crippen molar-refractivity contribution in [3.8, 4) is 0 Å². The minimum Gasteiger partial charge on any atom is -0.373 e. The molecule has 2 fully saturated rings. The van der Waals surface area contributed by atoms with Gasteiger partial charge in [0.1, 0.15) is 12.2 Å². The molecule has 2 aliphatic rings. The topological polar surface area (TPSA) is 27.7 Å². The van der Waals surface area contributed by atoms with Crippen LogP contribution in [0.1, 0.15) is 12.0 Å². The van der Waals surface area contributed by atoms with E-state index in [1.807, 2.05) is 18.2 Å². The zero-order chi connectivity index (χ0) is 10.8. The quantitative estimate of drug-likeness (QED) is 0.777. The molecule has 2 aliphatic heterocycles. The summed E-state index contributed by atoms with van der Waals surface area (Å²) in [4.78, 5) is 0. The Kier molecular flexibility index (Phi) is 2.91. The maximum Gasteiger partial charge on any atom is 0.112 e. The summed E-state index contributed by atoms with van der Waals surface area (Å²) < 4.78 is 17.1. The van der Waals surface area contributed by atoms with E-state index in [4.69, 9.17) is 14.2 Å². The summed E-state index contributed by atoms with van der Waals surface area (Å²) in [6.45, 7) is 2.12. The molecule has 0 bridgehead atoms. The minimum absolute atomic E-state index is 0.104. The van der Waals surface area contributed by atoms with Crippen LogP contribution >= 0.6 is 0 Å². The van der Waals surface area contributed by atoms with E-state index in [-0.39, 0.29) is 18.3 Å². The third-order valence-electron chi connectivity index (χ3n) is 3.23. The molecule has 3 nitrogen and oxygen atoms in total. The van der Waals surface area contributed by atoms with E-state index < -0.39 is 0 Å². The highest BCUT2D eigenvalue weighted by Gasteiger charge is 2.42. The van der Waals surface area contributed by atoms with Crippen molar-refractivity contribution in [1.82, 2.24) is 0 Å². The molecule has 2 heterocycles. The molecule has 86 valence electrons. The van der Waals surface area contributed by atoms with Gasteiger partial charge in [-0.15, -0.1) is 0 Å². The second-order valence-electron chi connectivity index (χ2n) is 4.33. The number of hydrogen-bond donors (Lipinski definition) is 0. The molecule has 0 aliphatic carbocycles. The average molecular weight is 220 g/mol. The molecule has 16 heavy (non-hydrogen) atoms. The Morgan fingerprint density at radius 3 is 2.94 bits per heavy atom. The van der Waals surface area contributed by atoms with E-state index in [0.29, 0.717) is 13.2 Å². The third-order valence-corrected chi connectivity index (χ3v) is 3.23. The lowest BCUT2D eigenvalue weighted by Gasteiger charge is -2.16. The predicted molar refractivity (Wildman–Crippen MR) is 59.1 cm³/mol. The van der Waals surface area contributed by atoms with E-state index in [0.717, 1.165) is 13.0 Å². The highest BCUT2D eigenvalue weighted by atomic mass is 16.6. The first kappa shape index (κ1) is 10.3. The van der Waals surface area contributed by atoms with Gasteiger partial charge in [0.2, 0.25) is 0 Å². The summed E-state index contributed by atoms with van der Waals surface area (Å²) in [6, 6.07) is 10.2. The van der Waals surface area contributed by atoms with Crippen molar-refractivity contribution < 1.29 is 14.2 Å². The van der Waals surface area contributed by atoms with Gasteiger partial charge in [-0.2, -0.15) is 0 Å². The monoisotopic (exact) mass is 220 g/mol. The van der Waals surface area contributed by atoms with Gasteiger partial charge in [0.25, 0.3) is 0 Å². The first-order valence-corrected chi connectivity index (χ1v) is 5.82. The van der Waals surface area contributed by atoms with Gasteiger partial charge in [-0.3, -0.25) is 0 Å². The van der Waals surface area contributed by atoms with Crippen molar-refractivity contribution in [1.29, 1.82) is 0 Å². The van der Waals surface area contributed by atoms with Crippen molar-refractivity contribution in [3.63, 3.8) is 0 Å². The van der Waals surface area contributed by atoms with Crippen LogP contribution in [0.5, 0.6) is 0 Å². The van der Waals surface area contributed by atoms with Gasteiger partial charge in [-0.25, -0.2) is 0 Å². The highest BCUT2D eigenvalue weighted by Crippen LogP contribution is 2.28. The SMILES string of the molecule is c1ccc(CO[C@H]2CO[C@@H]3CCO[C@@H]23)cc1. The van der Waals surface area contributed by atoms with Crippen LogP contribution in [0.2, 0.25) is 0 Å². The van der Waals surface area contributed by atoms with Gasteiger partial charge in [-0.1, -0.05) is 30.3 Å². The molecule has 3 atom stereocenters. The van der Waals surface area contributed by atoms with Crippen LogP contribution in [-0.4, -0.2) is 31.5 Å². The fourth-order valence-electron chi connectivity index (χ4n) is 2.35. The van der Waals surface area contributed by atoms with Crippen LogP contribution < -0.4 is 0 Å². The largest absolute Gasteiger partial charge is 0.373 e. The number of fused-ring (bicyclic) bond motifs is 1. The van der Waals surface area contributed by atoms with Crippen molar-refractivity contribution in [3.05, 3.63) is 35.9 Å². The fourth-order valence-corrected chi connectivity index (χ4v) is 2.35. The maximum absolute atomic E-state index is 5.85. The second kappa shape index (κ2) is 4.53. The van der Waals surface area contributed by atoms with Gasteiger partial charge in [0.05, 0.1) is 19.3 Å². The second-order valence-corrected chi connectivity index (χ2v) is 4.33. The molecule has 0 spiro atoms. The number of ether oxygens (including phenoxy) is 3. The van der Waals surface area contributed by atoms with E-state index >= 15 is 0 Å². The van der Waals surface area contributed by atoms with Crippen molar-refractivity contribution in [2.24, 2.45) is 0 Å². The van der Waals surface area contributed by atoms with Gasteiger partial charge >= 0.3 is 0 Å². The molecule has 0 aromatic heterocycles. The van der Waals surface area contributed by atoms with Crippen LogP contribution in [0.25, 0.3) is 0 Å². The molecular weight excluding hydrogens is 204 g/mol. The summed E-state index contributed by atoms with van der Waals surface area (Å²) in [5, 5.41) is 0. The Hall–Kier alpha value is -0.900. The zero-order valence-electron chi connectivity index (χ0n) is 9.17. The molecular formula is C13H16O3. The highest BCUT2D eigenvalue weighted by molar-refractivity contribution is 5.13. The molecule has 1 aromatic rings.